The van der Waals surface area contributed by atoms with Crippen molar-refractivity contribution >= 4 is 27.4 Å². The fourth-order valence-corrected chi connectivity index (χ4v) is 2.05. The van der Waals surface area contributed by atoms with Crippen LogP contribution in [0, 0.1) is 5.92 Å². The number of ketones is 1. The van der Waals surface area contributed by atoms with Crippen molar-refractivity contribution in [2.45, 2.75) is 26.7 Å². The van der Waals surface area contributed by atoms with Gasteiger partial charge >= 0.3 is 0 Å². The lowest BCUT2D eigenvalue weighted by Crippen LogP contribution is -2.13. The fourth-order valence-electron chi connectivity index (χ4n) is 1.61. The van der Waals surface area contributed by atoms with Crippen LogP contribution in [0.1, 0.15) is 37.0 Å². The Kier molecular flexibility index (Phi) is 4.33. The summed E-state index contributed by atoms with van der Waals surface area (Å²) in [6.45, 7) is 4.07. The molecule has 0 bridgehead atoms. The van der Waals surface area contributed by atoms with E-state index in [2.05, 4.69) is 15.9 Å². The van der Waals surface area contributed by atoms with Crippen LogP contribution in [-0.2, 0) is 0 Å². The lowest BCUT2D eigenvalue weighted by molar-refractivity contribution is 0.0912. The number of carbonyl (C=O) groups is 1. The van der Waals surface area contributed by atoms with E-state index in [4.69, 9.17) is 5.73 Å². The number of nitrogen functional groups attached to an aromatic ring is 1. The number of benzene rings is 1. The maximum Gasteiger partial charge on any atom is 0.167 e. The molecule has 15 heavy (non-hydrogen) atoms. The maximum absolute atomic E-state index is 12.1. The van der Waals surface area contributed by atoms with Crippen molar-refractivity contribution in [2.24, 2.45) is 5.92 Å². The van der Waals surface area contributed by atoms with E-state index in [0.717, 1.165) is 17.3 Å². The molecule has 0 saturated carbocycles. The number of Topliss-reactive ketones (excluding diaryl/α,β-unsaturated/α-hetero) is 1. The smallest absolute Gasteiger partial charge is 0.167 e. The lowest BCUT2D eigenvalue weighted by Gasteiger charge is -2.12. The van der Waals surface area contributed by atoms with Crippen LogP contribution in [-0.4, -0.2) is 5.78 Å². The Hall–Kier alpha value is -0.830. The van der Waals surface area contributed by atoms with Crippen LogP contribution in [0.2, 0.25) is 0 Å². The van der Waals surface area contributed by atoms with E-state index in [1.807, 2.05) is 19.9 Å². The van der Waals surface area contributed by atoms with Crippen LogP contribution in [0.4, 0.5) is 5.69 Å². The molecule has 0 spiro atoms. The Balaban J connectivity index is 3.04. The van der Waals surface area contributed by atoms with Gasteiger partial charge in [0, 0.05) is 21.6 Å². The van der Waals surface area contributed by atoms with Crippen molar-refractivity contribution in [2.75, 3.05) is 5.73 Å². The number of anilines is 1. The molecule has 0 atom stereocenters. The summed E-state index contributed by atoms with van der Waals surface area (Å²) in [7, 11) is 0. The standard InChI is InChI=1S/C12H16BrNO/c1-3-8(4-2)12(15)10-7-9(14)5-6-11(10)13/h5-8H,3-4,14H2,1-2H3. The van der Waals surface area contributed by atoms with Crippen LogP contribution < -0.4 is 5.73 Å². The number of halogens is 1. The maximum atomic E-state index is 12.1. The highest BCUT2D eigenvalue weighted by molar-refractivity contribution is 9.10. The molecule has 0 aliphatic heterocycles. The summed E-state index contributed by atoms with van der Waals surface area (Å²) in [5.41, 5.74) is 7.01. The fraction of sp³-hybridized carbons (Fsp3) is 0.417. The second-order valence-electron chi connectivity index (χ2n) is 3.62. The molecule has 0 unspecified atom stereocenters. The SMILES string of the molecule is CCC(CC)C(=O)c1cc(N)ccc1Br. The van der Waals surface area contributed by atoms with Gasteiger partial charge in [-0.25, -0.2) is 0 Å². The van der Waals surface area contributed by atoms with Gasteiger partial charge in [0.2, 0.25) is 0 Å². The highest BCUT2D eigenvalue weighted by atomic mass is 79.9. The van der Waals surface area contributed by atoms with E-state index in [1.165, 1.54) is 0 Å². The van der Waals surface area contributed by atoms with Crippen molar-refractivity contribution in [3.63, 3.8) is 0 Å². The molecule has 0 aromatic heterocycles. The third-order valence-electron chi connectivity index (χ3n) is 2.61. The van der Waals surface area contributed by atoms with Crippen LogP contribution in [0.5, 0.6) is 0 Å². The van der Waals surface area contributed by atoms with Crippen molar-refractivity contribution in [3.05, 3.63) is 28.2 Å². The third-order valence-corrected chi connectivity index (χ3v) is 3.30. The van der Waals surface area contributed by atoms with Gasteiger partial charge in [0.1, 0.15) is 0 Å². The molecule has 0 amide bonds. The van der Waals surface area contributed by atoms with E-state index < -0.39 is 0 Å². The molecule has 0 heterocycles. The molecule has 0 saturated heterocycles. The molecule has 2 N–H and O–H groups in total. The molecule has 2 nitrogen and oxygen atoms in total. The van der Waals surface area contributed by atoms with Crippen molar-refractivity contribution < 1.29 is 4.79 Å². The summed E-state index contributed by atoms with van der Waals surface area (Å²) >= 11 is 3.38. The van der Waals surface area contributed by atoms with Gasteiger partial charge in [0.05, 0.1) is 0 Å². The van der Waals surface area contributed by atoms with E-state index in [-0.39, 0.29) is 11.7 Å². The summed E-state index contributed by atoms with van der Waals surface area (Å²) < 4.78 is 0.827. The summed E-state index contributed by atoms with van der Waals surface area (Å²) in [6.07, 6.45) is 1.74. The van der Waals surface area contributed by atoms with E-state index in [9.17, 15) is 4.79 Å². The quantitative estimate of drug-likeness (QED) is 0.670. The average Bonchev–Trinajstić information content (AvgIpc) is 2.23. The van der Waals surface area contributed by atoms with Crippen molar-refractivity contribution in [3.8, 4) is 0 Å². The molecular weight excluding hydrogens is 254 g/mol. The van der Waals surface area contributed by atoms with Gasteiger partial charge in [0.25, 0.3) is 0 Å². The van der Waals surface area contributed by atoms with E-state index in [1.54, 1.807) is 12.1 Å². The van der Waals surface area contributed by atoms with Crippen LogP contribution in [0.15, 0.2) is 22.7 Å². The Labute approximate surface area is 99.0 Å². The molecule has 0 aliphatic carbocycles. The molecule has 1 rings (SSSR count). The molecule has 82 valence electrons. The Morgan fingerprint density at radius 3 is 2.53 bits per heavy atom. The number of hydrogen-bond acceptors (Lipinski definition) is 2. The molecule has 0 aliphatic rings. The minimum atomic E-state index is 0.100. The van der Waals surface area contributed by atoms with Crippen molar-refractivity contribution in [1.29, 1.82) is 0 Å². The number of nitrogens with two attached hydrogens (primary N) is 1. The molecule has 1 aromatic rings. The summed E-state index contributed by atoms with van der Waals surface area (Å²) in [4.78, 5) is 12.1. The minimum absolute atomic E-state index is 0.100. The predicted molar refractivity (Wildman–Crippen MR) is 67.0 cm³/mol. The average molecular weight is 270 g/mol. The minimum Gasteiger partial charge on any atom is -0.399 e. The second kappa shape index (κ2) is 5.31. The molecular formula is C12H16BrNO. The summed E-state index contributed by atoms with van der Waals surface area (Å²) in [5.74, 6) is 0.280. The van der Waals surface area contributed by atoms with Gasteiger partial charge in [0.15, 0.2) is 5.78 Å². The Morgan fingerprint density at radius 1 is 1.40 bits per heavy atom. The van der Waals surface area contributed by atoms with E-state index >= 15 is 0 Å². The highest BCUT2D eigenvalue weighted by Gasteiger charge is 2.18. The van der Waals surface area contributed by atoms with Gasteiger partial charge in [-0.3, -0.25) is 4.79 Å². The largest absolute Gasteiger partial charge is 0.399 e. The predicted octanol–water partition coefficient (Wildman–Crippen LogP) is 3.65. The monoisotopic (exact) mass is 269 g/mol. The molecule has 3 heteroatoms. The van der Waals surface area contributed by atoms with Gasteiger partial charge in [-0.1, -0.05) is 29.8 Å². The van der Waals surface area contributed by atoms with Crippen LogP contribution in [0.3, 0.4) is 0 Å². The van der Waals surface area contributed by atoms with Gasteiger partial charge < -0.3 is 5.73 Å². The number of hydrogen-bond donors (Lipinski definition) is 1. The second-order valence-corrected chi connectivity index (χ2v) is 4.47. The zero-order chi connectivity index (χ0) is 11.4. The topological polar surface area (TPSA) is 43.1 Å². The van der Waals surface area contributed by atoms with Crippen molar-refractivity contribution in [1.82, 2.24) is 0 Å². The van der Waals surface area contributed by atoms with Gasteiger partial charge in [-0.2, -0.15) is 0 Å². The van der Waals surface area contributed by atoms with E-state index in [0.29, 0.717) is 11.3 Å². The first-order valence-corrected chi connectivity index (χ1v) is 5.98. The Morgan fingerprint density at radius 2 is 2.00 bits per heavy atom. The lowest BCUT2D eigenvalue weighted by atomic mass is 9.93. The zero-order valence-corrected chi connectivity index (χ0v) is 10.7. The highest BCUT2D eigenvalue weighted by Crippen LogP contribution is 2.24. The normalized spacial score (nSPS) is 10.7. The molecule has 0 fully saturated rings. The number of rotatable bonds is 4. The first-order chi connectivity index (χ1) is 7.10. The number of carbonyl (C=O) groups excluding carboxylic acids is 1. The first kappa shape index (κ1) is 12.2. The third kappa shape index (κ3) is 2.81. The summed E-state index contributed by atoms with van der Waals surface area (Å²) in [6, 6.07) is 5.35. The van der Waals surface area contributed by atoms with Gasteiger partial charge in [-0.15, -0.1) is 0 Å². The van der Waals surface area contributed by atoms with Crippen LogP contribution in [0.25, 0.3) is 0 Å². The van der Waals surface area contributed by atoms with Crippen LogP contribution >= 0.6 is 15.9 Å². The Bertz CT molecular complexity index is 359. The molecule has 0 radical (unpaired) electrons. The first-order valence-electron chi connectivity index (χ1n) is 5.19. The molecule has 1 aromatic carbocycles. The summed E-state index contributed by atoms with van der Waals surface area (Å²) in [5, 5.41) is 0. The van der Waals surface area contributed by atoms with Gasteiger partial charge in [-0.05, 0) is 31.0 Å². The zero-order valence-electron chi connectivity index (χ0n) is 9.09.